The second-order valence-corrected chi connectivity index (χ2v) is 5.49. The van der Waals surface area contributed by atoms with E-state index in [1.807, 2.05) is 6.07 Å². The number of nitrogens with zero attached hydrogens (tertiary/aromatic N) is 2. The van der Waals surface area contributed by atoms with Crippen LogP contribution in [0, 0.1) is 5.82 Å². The van der Waals surface area contributed by atoms with Crippen molar-refractivity contribution >= 4 is 17.6 Å². The molecule has 0 atom stereocenters. The summed E-state index contributed by atoms with van der Waals surface area (Å²) in [5, 5.41) is 9.45. The van der Waals surface area contributed by atoms with Crippen LogP contribution in [-0.4, -0.2) is 16.2 Å². The molecule has 1 amide bonds. The van der Waals surface area contributed by atoms with E-state index in [2.05, 4.69) is 4.98 Å². The van der Waals surface area contributed by atoms with Crippen molar-refractivity contribution in [2.45, 2.75) is 6.54 Å². The Hall–Kier alpha value is -3.61. The van der Waals surface area contributed by atoms with E-state index in [9.17, 15) is 14.3 Å². The zero-order chi connectivity index (χ0) is 18.5. The van der Waals surface area contributed by atoms with Gasteiger partial charge < -0.3 is 15.6 Å². The van der Waals surface area contributed by atoms with Gasteiger partial charge in [-0.25, -0.2) is 14.2 Å². The number of carboxylic acid groups (broad SMARTS) is 1. The minimum Gasteiger partial charge on any atom is -0.465 e. The van der Waals surface area contributed by atoms with Crippen molar-refractivity contribution in [3.63, 3.8) is 0 Å². The summed E-state index contributed by atoms with van der Waals surface area (Å²) < 4.78 is 20.0. The van der Waals surface area contributed by atoms with Crippen LogP contribution in [0.5, 0.6) is 11.5 Å². The molecule has 3 rings (SSSR count). The van der Waals surface area contributed by atoms with E-state index in [-0.39, 0.29) is 18.0 Å². The highest BCUT2D eigenvalue weighted by molar-refractivity contribution is 5.86. The fourth-order valence-electron chi connectivity index (χ4n) is 2.38. The average Bonchev–Trinajstić information content (AvgIpc) is 2.63. The predicted molar refractivity (Wildman–Crippen MR) is 95.8 cm³/mol. The van der Waals surface area contributed by atoms with Crippen LogP contribution in [0.25, 0.3) is 0 Å². The number of rotatable bonds is 5. The maximum absolute atomic E-state index is 14.5. The summed E-state index contributed by atoms with van der Waals surface area (Å²) in [6.45, 7) is 0.0369. The number of nitrogen functional groups attached to an aromatic ring is 1. The Balaban J connectivity index is 1.82. The second kappa shape index (κ2) is 7.52. The highest BCUT2D eigenvalue weighted by Crippen LogP contribution is 2.28. The van der Waals surface area contributed by atoms with Gasteiger partial charge in [-0.3, -0.25) is 4.90 Å². The van der Waals surface area contributed by atoms with Gasteiger partial charge in [0.1, 0.15) is 17.3 Å². The highest BCUT2D eigenvalue weighted by atomic mass is 19.1. The number of pyridine rings is 1. The number of halogens is 1. The van der Waals surface area contributed by atoms with Crippen molar-refractivity contribution in [3.8, 4) is 11.5 Å². The Bertz CT molecular complexity index is 902. The van der Waals surface area contributed by atoms with Gasteiger partial charge in [-0.05, 0) is 29.8 Å². The molecule has 0 saturated heterocycles. The Morgan fingerprint density at radius 1 is 1.12 bits per heavy atom. The Morgan fingerprint density at radius 2 is 1.85 bits per heavy atom. The first-order valence-corrected chi connectivity index (χ1v) is 7.76. The number of hydrogen-bond acceptors (Lipinski definition) is 4. The molecular formula is C19H16FN3O3. The molecule has 0 saturated carbocycles. The number of carbonyl (C=O) groups is 1. The summed E-state index contributed by atoms with van der Waals surface area (Å²) in [5.74, 6) is 0.259. The molecule has 7 heteroatoms. The average molecular weight is 353 g/mol. The van der Waals surface area contributed by atoms with Gasteiger partial charge in [0.05, 0.1) is 18.4 Å². The van der Waals surface area contributed by atoms with Crippen LogP contribution in [-0.2, 0) is 6.54 Å². The van der Waals surface area contributed by atoms with Gasteiger partial charge in [-0.15, -0.1) is 0 Å². The first-order valence-electron chi connectivity index (χ1n) is 7.76. The van der Waals surface area contributed by atoms with E-state index in [0.717, 1.165) is 16.5 Å². The molecule has 0 aliphatic carbocycles. The molecule has 3 N–H and O–H groups in total. The summed E-state index contributed by atoms with van der Waals surface area (Å²) in [6.07, 6.45) is 0.171. The molecule has 26 heavy (non-hydrogen) atoms. The van der Waals surface area contributed by atoms with Crippen LogP contribution in [0.15, 0.2) is 66.9 Å². The van der Waals surface area contributed by atoms with E-state index < -0.39 is 11.9 Å². The number of benzene rings is 2. The first-order chi connectivity index (χ1) is 12.5. The molecule has 6 nitrogen and oxygen atoms in total. The summed E-state index contributed by atoms with van der Waals surface area (Å²) in [7, 11) is 0. The third kappa shape index (κ3) is 4.07. The van der Waals surface area contributed by atoms with Crippen molar-refractivity contribution in [1.82, 2.24) is 4.98 Å². The Labute approximate surface area is 149 Å². The molecule has 0 bridgehead atoms. The van der Waals surface area contributed by atoms with Gasteiger partial charge in [0, 0.05) is 6.07 Å². The summed E-state index contributed by atoms with van der Waals surface area (Å²) in [4.78, 5) is 16.4. The third-order valence-electron chi connectivity index (χ3n) is 3.62. The van der Waals surface area contributed by atoms with E-state index in [1.165, 1.54) is 18.3 Å². The maximum atomic E-state index is 14.5. The first kappa shape index (κ1) is 17.2. The Kier molecular flexibility index (Phi) is 4.98. The minimum absolute atomic E-state index is 0.0369. The molecule has 0 aliphatic heterocycles. The van der Waals surface area contributed by atoms with Gasteiger partial charge in [0.15, 0.2) is 5.82 Å². The van der Waals surface area contributed by atoms with Crippen LogP contribution in [0.1, 0.15) is 5.56 Å². The SMILES string of the molecule is Nc1ccc(Oc2ccc(N(Cc3ccccc3)C(=O)O)c(F)c2)cn1. The lowest BCUT2D eigenvalue weighted by Crippen LogP contribution is -2.29. The quantitative estimate of drug-likeness (QED) is 0.715. The van der Waals surface area contributed by atoms with Gasteiger partial charge in [0.25, 0.3) is 0 Å². The highest BCUT2D eigenvalue weighted by Gasteiger charge is 2.19. The smallest absolute Gasteiger partial charge is 0.412 e. The molecule has 1 heterocycles. The predicted octanol–water partition coefficient (Wildman–Crippen LogP) is 4.28. The maximum Gasteiger partial charge on any atom is 0.412 e. The van der Waals surface area contributed by atoms with Gasteiger partial charge in [-0.2, -0.15) is 0 Å². The normalized spacial score (nSPS) is 10.3. The molecule has 2 aromatic carbocycles. The van der Waals surface area contributed by atoms with Gasteiger partial charge >= 0.3 is 6.09 Å². The molecule has 0 aliphatic rings. The number of amides is 1. The standard InChI is InChI=1S/C19H16FN3O3/c20-16-10-14(26-15-7-9-18(21)22-11-15)6-8-17(16)23(19(24)25)12-13-4-2-1-3-5-13/h1-11H,12H2,(H2,21,22)(H,24,25). The number of aromatic nitrogens is 1. The zero-order valence-corrected chi connectivity index (χ0v) is 13.7. The van der Waals surface area contributed by atoms with Crippen LogP contribution in [0.2, 0.25) is 0 Å². The molecule has 0 spiro atoms. The van der Waals surface area contributed by atoms with Crippen LogP contribution >= 0.6 is 0 Å². The van der Waals surface area contributed by atoms with E-state index in [1.54, 1.807) is 36.4 Å². The lowest BCUT2D eigenvalue weighted by Gasteiger charge is -2.20. The molecule has 0 radical (unpaired) electrons. The van der Waals surface area contributed by atoms with Crippen molar-refractivity contribution in [2.24, 2.45) is 0 Å². The van der Waals surface area contributed by atoms with Crippen molar-refractivity contribution in [2.75, 3.05) is 10.6 Å². The molecular weight excluding hydrogens is 337 g/mol. The second-order valence-electron chi connectivity index (χ2n) is 5.49. The third-order valence-corrected chi connectivity index (χ3v) is 3.62. The number of anilines is 2. The molecule has 0 fully saturated rings. The number of hydrogen-bond donors (Lipinski definition) is 2. The van der Waals surface area contributed by atoms with E-state index in [4.69, 9.17) is 10.5 Å². The summed E-state index contributed by atoms with van der Waals surface area (Å²) >= 11 is 0. The fourth-order valence-corrected chi connectivity index (χ4v) is 2.38. The molecule has 3 aromatic rings. The van der Waals surface area contributed by atoms with Crippen LogP contribution < -0.4 is 15.4 Å². The van der Waals surface area contributed by atoms with Crippen molar-refractivity contribution in [1.29, 1.82) is 0 Å². The van der Waals surface area contributed by atoms with E-state index in [0.29, 0.717) is 11.6 Å². The summed E-state index contributed by atoms with van der Waals surface area (Å²) in [5.41, 5.74) is 6.20. The fraction of sp³-hybridized carbons (Fsp3) is 0.0526. The molecule has 132 valence electrons. The number of nitrogens with two attached hydrogens (primary N) is 1. The minimum atomic E-state index is -1.25. The molecule has 1 aromatic heterocycles. The van der Waals surface area contributed by atoms with Crippen molar-refractivity contribution < 1.29 is 19.0 Å². The topological polar surface area (TPSA) is 88.7 Å². The van der Waals surface area contributed by atoms with E-state index >= 15 is 0 Å². The molecule has 0 unspecified atom stereocenters. The number of ether oxygens (including phenoxy) is 1. The van der Waals surface area contributed by atoms with Crippen LogP contribution in [0.4, 0.5) is 20.7 Å². The van der Waals surface area contributed by atoms with Gasteiger partial charge in [0.2, 0.25) is 0 Å². The summed E-state index contributed by atoms with van der Waals surface area (Å²) in [6, 6.07) is 16.1. The zero-order valence-electron chi connectivity index (χ0n) is 13.7. The van der Waals surface area contributed by atoms with Crippen molar-refractivity contribution in [3.05, 3.63) is 78.2 Å². The van der Waals surface area contributed by atoms with Crippen LogP contribution in [0.3, 0.4) is 0 Å². The van der Waals surface area contributed by atoms with Gasteiger partial charge in [-0.1, -0.05) is 30.3 Å². The largest absolute Gasteiger partial charge is 0.465 e. The Morgan fingerprint density at radius 3 is 2.46 bits per heavy atom. The lowest BCUT2D eigenvalue weighted by atomic mass is 10.2. The monoisotopic (exact) mass is 353 g/mol. The lowest BCUT2D eigenvalue weighted by molar-refractivity contribution is 0.201.